The van der Waals surface area contributed by atoms with E-state index in [1.165, 1.54) is 0 Å². The van der Waals surface area contributed by atoms with E-state index in [1.807, 2.05) is 0 Å². The third kappa shape index (κ3) is 6.36. The summed E-state index contributed by atoms with van der Waals surface area (Å²) in [4.78, 5) is 14.0. The summed E-state index contributed by atoms with van der Waals surface area (Å²) in [6, 6.07) is -1.00. The molecular weight excluding hydrogens is 189 g/mol. The molecule has 0 aliphatic rings. The molecule has 82 valence electrons. The second-order valence-corrected chi connectivity index (χ2v) is 3.10. The molecule has 5 N–H and O–H groups in total. The Hall–Kier alpha value is -1.17. The van der Waals surface area contributed by atoms with Crippen molar-refractivity contribution in [2.75, 3.05) is 6.54 Å². The van der Waals surface area contributed by atoms with Crippen molar-refractivity contribution in [2.45, 2.75) is 32.0 Å². The number of aliphatic imine (C=N–C) groups is 1. The number of hydrogen-bond donors (Lipinski definition) is 3. The quantitative estimate of drug-likeness (QED) is 0.416. The third-order valence-electron chi connectivity index (χ3n) is 1.65. The maximum absolute atomic E-state index is 13.0. The van der Waals surface area contributed by atoms with Gasteiger partial charge in [0, 0.05) is 0 Å². The first-order valence-corrected chi connectivity index (χ1v) is 4.32. The molecule has 2 atom stereocenters. The molecule has 0 rings (SSSR count). The van der Waals surface area contributed by atoms with Gasteiger partial charge < -0.3 is 16.6 Å². The molecule has 0 fully saturated rings. The van der Waals surface area contributed by atoms with Gasteiger partial charge in [0.2, 0.25) is 0 Å². The van der Waals surface area contributed by atoms with Gasteiger partial charge in [-0.2, -0.15) is 0 Å². The maximum Gasteiger partial charge on any atom is 0.320 e. The lowest BCUT2D eigenvalue weighted by Gasteiger charge is -2.08. The first-order valence-electron chi connectivity index (χ1n) is 4.32. The molecule has 0 aliphatic heterocycles. The minimum absolute atomic E-state index is 0.0331. The predicted molar refractivity (Wildman–Crippen MR) is 51.9 cm³/mol. The Labute approximate surface area is 82.0 Å². The van der Waals surface area contributed by atoms with E-state index in [9.17, 15) is 9.18 Å². The van der Waals surface area contributed by atoms with Crippen LogP contribution in [0.25, 0.3) is 0 Å². The van der Waals surface area contributed by atoms with E-state index in [0.29, 0.717) is 5.84 Å². The molecule has 0 saturated heterocycles. The molecule has 0 amide bonds. The number of alkyl halides is 1. The van der Waals surface area contributed by atoms with Gasteiger partial charge in [-0.3, -0.25) is 9.79 Å². The Morgan fingerprint density at radius 2 is 2.14 bits per heavy atom. The summed E-state index contributed by atoms with van der Waals surface area (Å²) in [7, 11) is 0. The van der Waals surface area contributed by atoms with Crippen LogP contribution in [0.3, 0.4) is 0 Å². The van der Waals surface area contributed by atoms with Crippen molar-refractivity contribution in [3.8, 4) is 0 Å². The lowest BCUT2D eigenvalue weighted by atomic mass is 10.1. The smallest absolute Gasteiger partial charge is 0.320 e. The summed E-state index contributed by atoms with van der Waals surface area (Å²) < 4.78 is 13.0. The fourth-order valence-electron chi connectivity index (χ4n) is 0.818. The molecule has 0 radical (unpaired) electrons. The first kappa shape index (κ1) is 12.8. The fourth-order valence-corrected chi connectivity index (χ4v) is 0.818. The van der Waals surface area contributed by atoms with E-state index in [2.05, 4.69) is 4.99 Å². The van der Waals surface area contributed by atoms with Crippen molar-refractivity contribution < 1.29 is 14.3 Å². The summed E-state index contributed by atoms with van der Waals surface area (Å²) in [5, 5.41) is 8.42. The number of aliphatic carboxylic acids is 1. The van der Waals surface area contributed by atoms with Crippen molar-refractivity contribution in [2.24, 2.45) is 16.5 Å². The molecule has 0 aromatic rings. The Bertz CT molecular complexity index is 217. The van der Waals surface area contributed by atoms with Gasteiger partial charge in [0.05, 0.1) is 12.4 Å². The third-order valence-corrected chi connectivity index (χ3v) is 1.65. The number of carbonyl (C=O) groups is 1. The minimum atomic E-state index is -1.18. The highest BCUT2D eigenvalue weighted by Gasteiger charge is 2.14. The Morgan fingerprint density at radius 1 is 1.57 bits per heavy atom. The second kappa shape index (κ2) is 6.31. The summed E-state index contributed by atoms with van der Waals surface area (Å²) in [6.07, 6.45) is -0.987. The number of nitrogens with two attached hydrogens (primary N) is 2. The molecule has 5 nitrogen and oxygen atoms in total. The zero-order chi connectivity index (χ0) is 11.1. The molecule has 6 heteroatoms. The molecule has 0 bridgehead atoms. The SMILES string of the molecule is CC(N)=NC[C@H](F)CC[C@@H](N)C(=O)O. The van der Waals surface area contributed by atoms with Crippen LogP contribution in [-0.4, -0.2) is 35.7 Å². The minimum Gasteiger partial charge on any atom is -0.480 e. The van der Waals surface area contributed by atoms with Crippen molar-refractivity contribution in [1.29, 1.82) is 0 Å². The standard InChI is InChI=1S/C8H16FN3O2/c1-5(10)12-4-6(9)2-3-7(11)8(13)14/h6-7H,2-4,11H2,1H3,(H2,10,12)(H,13,14)/t6-,7-/m1/s1. The van der Waals surface area contributed by atoms with Gasteiger partial charge in [-0.25, -0.2) is 4.39 Å². The van der Waals surface area contributed by atoms with E-state index >= 15 is 0 Å². The number of halogens is 1. The van der Waals surface area contributed by atoms with E-state index in [4.69, 9.17) is 16.6 Å². The first-order chi connectivity index (χ1) is 6.43. The Kier molecular flexibility index (Phi) is 5.78. The Morgan fingerprint density at radius 3 is 2.57 bits per heavy atom. The van der Waals surface area contributed by atoms with Gasteiger partial charge in [-0.1, -0.05) is 0 Å². The lowest BCUT2D eigenvalue weighted by Crippen LogP contribution is -2.31. The van der Waals surface area contributed by atoms with Crippen LogP contribution in [0, 0.1) is 0 Å². The molecule has 0 heterocycles. The van der Waals surface area contributed by atoms with Gasteiger partial charge in [-0.15, -0.1) is 0 Å². The van der Waals surface area contributed by atoms with Crippen LogP contribution in [0.15, 0.2) is 4.99 Å². The summed E-state index contributed by atoms with van der Waals surface area (Å²) in [5.41, 5.74) is 10.4. The average molecular weight is 205 g/mol. The molecule has 14 heavy (non-hydrogen) atoms. The summed E-state index contributed by atoms with van der Waals surface area (Å²) in [5.74, 6) is -0.800. The molecule has 0 unspecified atom stereocenters. The number of rotatable bonds is 6. The van der Waals surface area contributed by atoms with Crippen molar-refractivity contribution in [3.05, 3.63) is 0 Å². The van der Waals surface area contributed by atoms with Gasteiger partial charge in [0.15, 0.2) is 0 Å². The van der Waals surface area contributed by atoms with Gasteiger partial charge >= 0.3 is 5.97 Å². The maximum atomic E-state index is 13.0. The highest BCUT2D eigenvalue weighted by molar-refractivity contribution is 5.77. The fraction of sp³-hybridized carbons (Fsp3) is 0.750. The van der Waals surface area contributed by atoms with E-state index in [1.54, 1.807) is 6.92 Å². The molecule has 0 aromatic heterocycles. The molecule has 0 aliphatic carbocycles. The van der Waals surface area contributed by atoms with Gasteiger partial charge in [-0.05, 0) is 19.8 Å². The Balaban J connectivity index is 3.69. The summed E-state index contributed by atoms with van der Waals surface area (Å²) >= 11 is 0. The van der Waals surface area contributed by atoms with Crippen LogP contribution in [0.2, 0.25) is 0 Å². The van der Waals surface area contributed by atoms with Gasteiger partial charge in [0.1, 0.15) is 12.2 Å². The van der Waals surface area contributed by atoms with Crippen LogP contribution in [0.4, 0.5) is 4.39 Å². The molecule has 0 aromatic carbocycles. The van der Waals surface area contributed by atoms with Crippen LogP contribution >= 0.6 is 0 Å². The van der Waals surface area contributed by atoms with Crippen LogP contribution < -0.4 is 11.5 Å². The second-order valence-electron chi connectivity index (χ2n) is 3.10. The summed E-state index contributed by atoms with van der Waals surface area (Å²) in [6.45, 7) is 1.53. The topological polar surface area (TPSA) is 102 Å². The lowest BCUT2D eigenvalue weighted by molar-refractivity contribution is -0.138. The number of carboxylic acids is 1. The van der Waals surface area contributed by atoms with Crippen LogP contribution in [-0.2, 0) is 4.79 Å². The number of nitrogens with zero attached hydrogens (tertiary/aromatic N) is 1. The highest BCUT2D eigenvalue weighted by Crippen LogP contribution is 2.04. The van der Waals surface area contributed by atoms with Crippen molar-refractivity contribution in [3.63, 3.8) is 0 Å². The van der Waals surface area contributed by atoms with Crippen LogP contribution in [0.5, 0.6) is 0 Å². The van der Waals surface area contributed by atoms with Crippen LogP contribution in [0.1, 0.15) is 19.8 Å². The van der Waals surface area contributed by atoms with Crippen molar-refractivity contribution in [1.82, 2.24) is 0 Å². The monoisotopic (exact) mass is 205 g/mol. The van der Waals surface area contributed by atoms with E-state index < -0.39 is 18.2 Å². The normalized spacial score (nSPS) is 16.4. The number of carboxylic acid groups (broad SMARTS) is 1. The van der Waals surface area contributed by atoms with E-state index in [0.717, 1.165) is 0 Å². The van der Waals surface area contributed by atoms with E-state index in [-0.39, 0.29) is 19.4 Å². The molecular formula is C8H16FN3O2. The van der Waals surface area contributed by atoms with Gasteiger partial charge in [0.25, 0.3) is 0 Å². The highest BCUT2D eigenvalue weighted by atomic mass is 19.1. The number of hydrogen-bond acceptors (Lipinski definition) is 3. The molecule has 0 spiro atoms. The molecule has 0 saturated carbocycles. The predicted octanol–water partition coefficient (Wildman–Crippen LogP) is -0.106. The van der Waals surface area contributed by atoms with Crippen molar-refractivity contribution >= 4 is 11.8 Å². The zero-order valence-electron chi connectivity index (χ0n) is 8.11. The zero-order valence-corrected chi connectivity index (χ0v) is 8.11. The number of amidine groups is 1. The average Bonchev–Trinajstić information content (AvgIpc) is 2.10. The largest absolute Gasteiger partial charge is 0.480 e.